The lowest BCUT2D eigenvalue weighted by atomic mass is 10.0. The zero-order chi connectivity index (χ0) is 17.3. The maximum atomic E-state index is 11.2. The molecule has 2 heterocycles. The first-order chi connectivity index (χ1) is 11.5. The molecule has 0 radical (unpaired) electrons. The second kappa shape index (κ2) is 6.38. The summed E-state index contributed by atoms with van der Waals surface area (Å²) < 4.78 is 1.87. The average molecular weight is 339 g/mol. The normalized spacial score (nSPS) is 10.7. The van der Waals surface area contributed by atoms with E-state index < -0.39 is 5.97 Å². The van der Waals surface area contributed by atoms with Gasteiger partial charge in [-0.3, -0.25) is 4.79 Å². The zero-order valence-corrected chi connectivity index (χ0v) is 13.8. The van der Waals surface area contributed by atoms with Crippen LogP contribution in [0.4, 0.5) is 0 Å². The summed E-state index contributed by atoms with van der Waals surface area (Å²) in [6, 6.07) is 13.2. The highest BCUT2D eigenvalue weighted by Gasteiger charge is 2.17. The van der Waals surface area contributed by atoms with E-state index in [4.69, 9.17) is 16.9 Å². The topological polar surface area (TPSA) is 65.5 Å². The van der Waals surface area contributed by atoms with Gasteiger partial charge in [0.25, 0.3) is 0 Å². The Morgan fingerprint density at radius 3 is 2.62 bits per heavy atom. The first-order valence-corrected chi connectivity index (χ1v) is 7.86. The summed E-state index contributed by atoms with van der Waals surface area (Å²) >= 11 is 5.94. The van der Waals surface area contributed by atoms with Crippen molar-refractivity contribution in [1.82, 2.24) is 4.40 Å². The number of fused-ring (bicyclic) bond motifs is 1. The first kappa shape index (κ1) is 16.1. The van der Waals surface area contributed by atoms with E-state index in [1.54, 1.807) is 12.3 Å². The van der Waals surface area contributed by atoms with Crippen LogP contribution in [0, 0.1) is 18.3 Å². The Bertz CT molecular complexity index is 966. The van der Waals surface area contributed by atoms with E-state index in [-0.39, 0.29) is 6.42 Å². The predicted molar refractivity (Wildman–Crippen MR) is 92.4 cm³/mol. The summed E-state index contributed by atoms with van der Waals surface area (Å²) in [5.74, 6) is -0.875. The Balaban J connectivity index is 2.17. The van der Waals surface area contributed by atoms with Crippen LogP contribution in [-0.2, 0) is 17.6 Å². The second-order valence-electron chi connectivity index (χ2n) is 5.71. The van der Waals surface area contributed by atoms with Crippen molar-refractivity contribution in [3.63, 3.8) is 0 Å². The number of aromatic nitrogens is 1. The highest BCUT2D eigenvalue weighted by molar-refractivity contribution is 6.30. The fourth-order valence-electron chi connectivity index (χ4n) is 2.97. The molecule has 120 valence electrons. The number of halogens is 1. The molecule has 24 heavy (non-hydrogen) atoms. The predicted octanol–water partition coefficient (Wildman–Crippen LogP) is 3.99. The molecule has 5 heteroatoms. The van der Waals surface area contributed by atoms with Crippen molar-refractivity contribution >= 4 is 23.1 Å². The Morgan fingerprint density at radius 1 is 1.29 bits per heavy atom. The van der Waals surface area contributed by atoms with E-state index in [0.717, 1.165) is 27.9 Å². The average Bonchev–Trinajstić information content (AvgIpc) is 2.81. The molecular formula is C19H15ClN2O2. The summed E-state index contributed by atoms with van der Waals surface area (Å²) in [4.78, 5) is 11.2. The van der Waals surface area contributed by atoms with Crippen LogP contribution >= 0.6 is 11.6 Å². The summed E-state index contributed by atoms with van der Waals surface area (Å²) in [5, 5.41) is 19.0. The van der Waals surface area contributed by atoms with Crippen LogP contribution in [0.3, 0.4) is 0 Å². The highest BCUT2D eigenvalue weighted by atomic mass is 35.5. The van der Waals surface area contributed by atoms with Gasteiger partial charge < -0.3 is 9.51 Å². The number of carboxylic acids is 1. The number of pyridine rings is 1. The number of carboxylic acid groups (broad SMARTS) is 1. The summed E-state index contributed by atoms with van der Waals surface area (Å²) in [7, 11) is 0. The summed E-state index contributed by atoms with van der Waals surface area (Å²) in [6.07, 6.45) is 2.37. The first-order valence-electron chi connectivity index (χ1n) is 7.48. The lowest BCUT2D eigenvalue weighted by Gasteiger charge is -2.03. The van der Waals surface area contributed by atoms with E-state index in [2.05, 4.69) is 6.07 Å². The van der Waals surface area contributed by atoms with Crippen molar-refractivity contribution in [2.75, 3.05) is 0 Å². The number of hydrogen-bond acceptors (Lipinski definition) is 2. The van der Waals surface area contributed by atoms with Gasteiger partial charge in [0.1, 0.15) is 0 Å². The molecule has 0 aliphatic rings. The van der Waals surface area contributed by atoms with E-state index in [1.165, 1.54) is 0 Å². The third-order valence-corrected chi connectivity index (χ3v) is 4.43. The van der Waals surface area contributed by atoms with E-state index in [9.17, 15) is 9.90 Å². The molecule has 0 spiro atoms. The van der Waals surface area contributed by atoms with Gasteiger partial charge in [-0.2, -0.15) is 5.26 Å². The number of aliphatic carboxylic acids is 1. The highest BCUT2D eigenvalue weighted by Crippen LogP contribution is 2.27. The van der Waals surface area contributed by atoms with Crippen LogP contribution in [-0.4, -0.2) is 15.5 Å². The quantitative estimate of drug-likeness (QED) is 0.782. The molecule has 4 nitrogen and oxygen atoms in total. The standard InChI is InChI=1S/C19H15ClN2O2/c1-12-16(8-13-2-4-15(20)5-3-13)18-9-14(11-21)6-7-22(18)17(12)10-19(23)24/h2-7,9H,8,10H2,1H3,(H,23,24). The molecule has 0 bridgehead atoms. The van der Waals surface area contributed by atoms with Gasteiger partial charge in [-0.1, -0.05) is 23.7 Å². The molecule has 0 amide bonds. The fourth-order valence-corrected chi connectivity index (χ4v) is 3.10. The number of benzene rings is 1. The minimum Gasteiger partial charge on any atom is -0.481 e. The van der Waals surface area contributed by atoms with Crippen LogP contribution in [0.2, 0.25) is 5.02 Å². The Labute approximate surface area is 144 Å². The van der Waals surface area contributed by atoms with Crippen LogP contribution in [0.15, 0.2) is 42.6 Å². The van der Waals surface area contributed by atoms with Gasteiger partial charge in [0, 0.05) is 16.9 Å². The smallest absolute Gasteiger partial charge is 0.309 e. The van der Waals surface area contributed by atoms with Gasteiger partial charge >= 0.3 is 5.97 Å². The minimum atomic E-state index is -0.875. The molecule has 0 fully saturated rings. The number of nitrogens with zero attached hydrogens (tertiary/aromatic N) is 2. The van der Waals surface area contributed by atoms with Crippen molar-refractivity contribution in [3.8, 4) is 6.07 Å². The fraction of sp³-hybridized carbons (Fsp3) is 0.158. The Morgan fingerprint density at radius 2 is 2.00 bits per heavy atom. The third kappa shape index (κ3) is 2.99. The monoisotopic (exact) mass is 338 g/mol. The Kier molecular flexibility index (Phi) is 4.28. The van der Waals surface area contributed by atoms with Crippen molar-refractivity contribution in [2.24, 2.45) is 0 Å². The van der Waals surface area contributed by atoms with Gasteiger partial charge in [-0.05, 0) is 54.3 Å². The summed E-state index contributed by atoms with van der Waals surface area (Å²) in [5.41, 5.74) is 5.23. The molecule has 0 aliphatic carbocycles. The van der Waals surface area contributed by atoms with Gasteiger partial charge in [0.2, 0.25) is 0 Å². The van der Waals surface area contributed by atoms with Crippen LogP contribution in [0.1, 0.15) is 27.9 Å². The van der Waals surface area contributed by atoms with Gasteiger partial charge in [0.05, 0.1) is 23.6 Å². The lowest BCUT2D eigenvalue weighted by Crippen LogP contribution is -2.04. The van der Waals surface area contributed by atoms with Gasteiger partial charge in [-0.15, -0.1) is 0 Å². The van der Waals surface area contributed by atoms with Crippen molar-refractivity contribution in [3.05, 3.63) is 75.6 Å². The third-order valence-electron chi connectivity index (χ3n) is 4.18. The van der Waals surface area contributed by atoms with Crippen LogP contribution in [0.25, 0.3) is 5.52 Å². The molecule has 3 aromatic rings. The second-order valence-corrected chi connectivity index (χ2v) is 6.14. The number of rotatable bonds is 4. The van der Waals surface area contributed by atoms with Crippen LogP contribution < -0.4 is 0 Å². The number of carbonyl (C=O) groups is 1. The molecule has 0 saturated carbocycles. The molecule has 0 aliphatic heterocycles. The van der Waals surface area contributed by atoms with Crippen molar-refractivity contribution in [1.29, 1.82) is 5.26 Å². The molecule has 1 aromatic carbocycles. The molecular weight excluding hydrogens is 324 g/mol. The van der Waals surface area contributed by atoms with Crippen LogP contribution in [0.5, 0.6) is 0 Å². The largest absolute Gasteiger partial charge is 0.481 e. The van der Waals surface area contributed by atoms with E-state index >= 15 is 0 Å². The molecule has 2 aromatic heterocycles. The van der Waals surface area contributed by atoms with E-state index in [1.807, 2.05) is 41.7 Å². The SMILES string of the molecule is Cc1c(Cc2ccc(Cl)cc2)c2cc(C#N)ccn2c1CC(=O)O. The molecule has 0 saturated heterocycles. The van der Waals surface area contributed by atoms with Gasteiger partial charge in [-0.25, -0.2) is 0 Å². The zero-order valence-electron chi connectivity index (χ0n) is 13.1. The number of hydrogen-bond donors (Lipinski definition) is 1. The lowest BCUT2D eigenvalue weighted by molar-refractivity contribution is -0.136. The van der Waals surface area contributed by atoms with E-state index in [0.29, 0.717) is 17.0 Å². The maximum Gasteiger partial charge on any atom is 0.309 e. The van der Waals surface area contributed by atoms with Crippen molar-refractivity contribution < 1.29 is 9.90 Å². The molecule has 0 atom stereocenters. The summed E-state index contributed by atoms with van der Waals surface area (Å²) in [6.45, 7) is 1.93. The maximum absolute atomic E-state index is 11.2. The number of nitriles is 1. The van der Waals surface area contributed by atoms with Gasteiger partial charge in [0.15, 0.2) is 0 Å². The Hall–Kier alpha value is -2.77. The molecule has 0 unspecified atom stereocenters. The minimum absolute atomic E-state index is 0.0560. The van der Waals surface area contributed by atoms with Crippen molar-refractivity contribution in [2.45, 2.75) is 19.8 Å². The molecule has 3 rings (SSSR count). The molecule has 1 N–H and O–H groups in total.